The number of ether oxygens (including phenoxy) is 1. The van der Waals surface area contributed by atoms with Crippen LogP contribution in [0.1, 0.15) is 33.1 Å². The minimum atomic E-state index is -0.487. The summed E-state index contributed by atoms with van der Waals surface area (Å²) in [6.07, 6.45) is 6.65. The third-order valence-corrected chi connectivity index (χ3v) is 2.95. The van der Waals surface area contributed by atoms with Crippen molar-refractivity contribution in [2.24, 2.45) is 5.41 Å². The molecule has 2 rings (SSSR count). The smallest absolute Gasteiger partial charge is 0.132 e. The highest BCUT2D eigenvalue weighted by Gasteiger charge is 2.30. The number of aliphatic hydroxyl groups excluding tert-OH is 1. The molecule has 1 unspecified atom stereocenters. The van der Waals surface area contributed by atoms with Gasteiger partial charge in [0.25, 0.3) is 0 Å². The van der Waals surface area contributed by atoms with E-state index < -0.39 is 6.10 Å². The fourth-order valence-corrected chi connectivity index (χ4v) is 2.12. The van der Waals surface area contributed by atoms with Crippen molar-refractivity contribution in [3.05, 3.63) is 23.5 Å². The van der Waals surface area contributed by atoms with E-state index in [1.54, 1.807) is 0 Å². The number of aliphatic hydroxyl groups is 1. The van der Waals surface area contributed by atoms with E-state index in [1.807, 2.05) is 6.08 Å². The molecule has 0 saturated carbocycles. The SMILES string of the molecule is CC1(C)CC=C(C(O)C2=CCCO2)C1. The van der Waals surface area contributed by atoms with E-state index in [-0.39, 0.29) is 0 Å². The first kappa shape index (κ1) is 9.78. The molecular formula is C12H18O2. The zero-order valence-corrected chi connectivity index (χ0v) is 8.92. The molecule has 14 heavy (non-hydrogen) atoms. The van der Waals surface area contributed by atoms with Crippen LogP contribution in [0.15, 0.2) is 23.5 Å². The molecule has 0 aromatic heterocycles. The van der Waals surface area contributed by atoms with Gasteiger partial charge in [0.05, 0.1) is 6.61 Å². The first-order chi connectivity index (χ1) is 6.58. The standard InChI is InChI=1S/C12H18O2/c1-12(2)6-5-9(8-12)11(13)10-4-3-7-14-10/h4-5,11,13H,3,6-8H2,1-2H3. The van der Waals surface area contributed by atoms with Crippen LogP contribution in [0, 0.1) is 5.41 Å². The molecule has 1 atom stereocenters. The van der Waals surface area contributed by atoms with E-state index in [9.17, 15) is 5.11 Å². The highest BCUT2D eigenvalue weighted by Crippen LogP contribution is 2.39. The van der Waals surface area contributed by atoms with Crippen molar-refractivity contribution in [2.75, 3.05) is 6.61 Å². The summed E-state index contributed by atoms with van der Waals surface area (Å²) in [5.41, 5.74) is 1.44. The van der Waals surface area contributed by atoms with Crippen LogP contribution in [-0.4, -0.2) is 17.8 Å². The number of hydrogen-bond acceptors (Lipinski definition) is 2. The van der Waals surface area contributed by atoms with Crippen LogP contribution in [0.2, 0.25) is 0 Å². The second kappa shape index (κ2) is 3.43. The van der Waals surface area contributed by atoms with Crippen LogP contribution in [0.5, 0.6) is 0 Å². The van der Waals surface area contributed by atoms with Gasteiger partial charge in [0.2, 0.25) is 0 Å². The van der Waals surface area contributed by atoms with E-state index in [0.29, 0.717) is 5.41 Å². The van der Waals surface area contributed by atoms with Crippen molar-refractivity contribution in [3.8, 4) is 0 Å². The molecule has 0 spiro atoms. The number of allylic oxidation sites excluding steroid dienone is 1. The number of rotatable bonds is 2. The van der Waals surface area contributed by atoms with Gasteiger partial charge in [-0.15, -0.1) is 0 Å². The summed E-state index contributed by atoms with van der Waals surface area (Å²) in [6, 6.07) is 0. The lowest BCUT2D eigenvalue weighted by atomic mass is 9.88. The van der Waals surface area contributed by atoms with E-state index in [4.69, 9.17) is 4.74 Å². The second-order valence-electron chi connectivity index (χ2n) is 4.97. The third kappa shape index (κ3) is 1.85. The Morgan fingerprint density at radius 1 is 1.43 bits per heavy atom. The maximum Gasteiger partial charge on any atom is 0.132 e. The van der Waals surface area contributed by atoms with Gasteiger partial charge < -0.3 is 9.84 Å². The molecule has 78 valence electrons. The van der Waals surface area contributed by atoms with Gasteiger partial charge >= 0.3 is 0 Å². The molecule has 1 aliphatic heterocycles. The maximum atomic E-state index is 10.0. The predicted octanol–water partition coefficient (Wildman–Crippen LogP) is 2.40. The normalized spacial score (nSPS) is 26.8. The lowest BCUT2D eigenvalue weighted by molar-refractivity contribution is 0.136. The maximum absolute atomic E-state index is 10.0. The van der Waals surface area contributed by atoms with Gasteiger partial charge in [-0.2, -0.15) is 0 Å². The second-order valence-corrected chi connectivity index (χ2v) is 4.97. The molecule has 0 saturated heterocycles. The molecule has 2 heteroatoms. The highest BCUT2D eigenvalue weighted by molar-refractivity contribution is 5.25. The van der Waals surface area contributed by atoms with Gasteiger partial charge in [-0.1, -0.05) is 19.9 Å². The molecule has 0 aromatic rings. The fraction of sp³-hybridized carbons (Fsp3) is 0.667. The Balaban J connectivity index is 2.03. The Morgan fingerprint density at radius 3 is 2.71 bits per heavy atom. The van der Waals surface area contributed by atoms with Crippen LogP contribution in [0.25, 0.3) is 0 Å². The molecule has 1 heterocycles. The fourth-order valence-electron chi connectivity index (χ4n) is 2.12. The minimum Gasteiger partial charge on any atom is -0.495 e. The van der Waals surface area contributed by atoms with Crippen LogP contribution in [-0.2, 0) is 4.74 Å². The molecule has 2 nitrogen and oxygen atoms in total. The van der Waals surface area contributed by atoms with Gasteiger partial charge in [-0.25, -0.2) is 0 Å². The van der Waals surface area contributed by atoms with E-state index in [1.165, 1.54) is 0 Å². The zero-order valence-electron chi connectivity index (χ0n) is 8.92. The minimum absolute atomic E-state index is 0.315. The van der Waals surface area contributed by atoms with Gasteiger partial charge in [0.1, 0.15) is 11.9 Å². The van der Waals surface area contributed by atoms with Crippen LogP contribution >= 0.6 is 0 Å². The summed E-state index contributed by atoms with van der Waals surface area (Å²) in [6.45, 7) is 5.18. The molecule has 0 amide bonds. The summed E-state index contributed by atoms with van der Waals surface area (Å²) in [4.78, 5) is 0. The van der Waals surface area contributed by atoms with Crippen molar-refractivity contribution < 1.29 is 9.84 Å². The quantitative estimate of drug-likeness (QED) is 0.684. The van der Waals surface area contributed by atoms with Crippen LogP contribution in [0.4, 0.5) is 0 Å². The van der Waals surface area contributed by atoms with Crippen LogP contribution in [0.3, 0.4) is 0 Å². The zero-order chi connectivity index (χ0) is 10.2. The highest BCUT2D eigenvalue weighted by atomic mass is 16.5. The predicted molar refractivity (Wildman–Crippen MR) is 55.8 cm³/mol. The van der Waals surface area contributed by atoms with Gasteiger partial charge in [0.15, 0.2) is 0 Å². The number of hydrogen-bond donors (Lipinski definition) is 1. The average molecular weight is 194 g/mol. The Kier molecular flexibility index (Phi) is 2.40. The Labute approximate surface area is 85.3 Å². The van der Waals surface area contributed by atoms with E-state index in [2.05, 4.69) is 19.9 Å². The summed E-state index contributed by atoms with van der Waals surface area (Å²) < 4.78 is 5.37. The largest absolute Gasteiger partial charge is 0.495 e. The molecule has 0 radical (unpaired) electrons. The van der Waals surface area contributed by atoms with Gasteiger partial charge in [0, 0.05) is 6.42 Å². The lowest BCUT2D eigenvalue weighted by Gasteiger charge is -2.19. The van der Waals surface area contributed by atoms with Crippen molar-refractivity contribution in [3.63, 3.8) is 0 Å². The summed E-state index contributed by atoms with van der Waals surface area (Å²) in [5.74, 6) is 0.758. The first-order valence-electron chi connectivity index (χ1n) is 5.28. The summed E-state index contributed by atoms with van der Waals surface area (Å²) in [5, 5.41) is 10.0. The third-order valence-electron chi connectivity index (χ3n) is 2.95. The van der Waals surface area contributed by atoms with Crippen molar-refractivity contribution >= 4 is 0 Å². The van der Waals surface area contributed by atoms with E-state index in [0.717, 1.165) is 37.2 Å². The van der Waals surface area contributed by atoms with Crippen molar-refractivity contribution in [1.29, 1.82) is 0 Å². The topological polar surface area (TPSA) is 29.5 Å². The van der Waals surface area contributed by atoms with E-state index >= 15 is 0 Å². The molecular weight excluding hydrogens is 176 g/mol. The van der Waals surface area contributed by atoms with Crippen molar-refractivity contribution in [1.82, 2.24) is 0 Å². The van der Waals surface area contributed by atoms with Crippen molar-refractivity contribution in [2.45, 2.75) is 39.2 Å². The molecule has 0 aromatic carbocycles. The first-order valence-corrected chi connectivity index (χ1v) is 5.28. The van der Waals surface area contributed by atoms with Crippen LogP contribution < -0.4 is 0 Å². The Morgan fingerprint density at radius 2 is 2.21 bits per heavy atom. The summed E-state index contributed by atoms with van der Waals surface area (Å²) in [7, 11) is 0. The summed E-state index contributed by atoms with van der Waals surface area (Å²) >= 11 is 0. The van der Waals surface area contributed by atoms with Gasteiger partial charge in [-0.05, 0) is 29.9 Å². The Hall–Kier alpha value is -0.760. The molecule has 1 aliphatic carbocycles. The van der Waals surface area contributed by atoms with Gasteiger partial charge in [-0.3, -0.25) is 0 Å². The molecule has 2 aliphatic rings. The average Bonchev–Trinajstić information content (AvgIpc) is 2.72. The molecule has 0 bridgehead atoms. The lowest BCUT2D eigenvalue weighted by Crippen LogP contribution is -2.15. The molecule has 0 fully saturated rings. The molecule has 1 N–H and O–H groups in total. The Bertz CT molecular complexity index is 287. The monoisotopic (exact) mass is 194 g/mol.